The number of benzene rings is 1. The quantitative estimate of drug-likeness (QED) is 0.798. The number of carboxylic acids is 1. The Bertz CT molecular complexity index is 443. The molecule has 0 radical (unpaired) electrons. The van der Waals surface area contributed by atoms with Gasteiger partial charge in [-0.3, -0.25) is 0 Å². The maximum Gasteiger partial charge on any atom is 0.338 e. The molecular weight excluding hydrogens is 240 g/mol. The molecule has 0 bridgehead atoms. The van der Waals surface area contributed by atoms with Gasteiger partial charge in [0.05, 0.1) is 7.11 Å². The number of esters is 1. The molecule has 3 atom stereocenters. The minimum absolute atomic E-state index is 0.648. The Morgan fingerprint density at radius 1 is 1.17 bits per heavy atom. The number of hydrogen-bond acceptors (Lipinski definition) is 5. The Balaban J connectivity index is 2.19. The first-order valence-electron chi connectivity index (χ1n) is 5.30. The Kier molecular flexibility index (Phi) is 3.59. The second-order valence-electron chi connectivity index (χ2n) is 3.72. The van der Waals surface area contributed by atoms with E-state index < -0.39 is 30.4 Å². The van der Waals surface area contributed by atoms with E-state index in [4.69, 9.17) is 14.6 Å². The highest BCUT2D eigenvalue weighted by atomic mass is 16.7. The van der Waals surface area contributed by atoms with E-state index in [0.29, 0.717) is 5.56 Å². The second-order valence-corrected chi connectivity index (χ2v) is 3.72. The number of carboxylic acid groups (broad SMARTS) is 1. The lowest BCUT2D eigenvalue weighted by atomic mass is 10.2. The second kappa shape index (κ2) is 5.16. The van der Waals surface area contributed by atoms with E-state index in [0.717, 1.165) is 0 Å². The molecule has 0 saturated carbocycles. The molecule has 1 aromatic carbocycles. The molecule has 1 saturated heterocycles. The van der Waals surface area contributed by atoms with Crippen LogP contribution >= 0.6 is 0 Å². The lowest BCUT2D eigenvalue weighted by Crippen LogP contribution is -2.37. The standard InChI is InChI=1S/C12H12O6/c1-16-11(15)9-8(10(13)14)17-12(18-9)7-5-3-2-4-6-7/h2-6,8-9,12H,1H3,(H,13,14)/t8-,9-,12+/m1/s1. The summed E-state index contributed by atoms with van der Waals surface area (Å²) in [5.74, 6) is -2.02. The summed E-state index contributed by atoms with van der Waals surface area (Å²) >= 11 is 0. The number of hydrogen-bond donors (Lipinski definition) is 1. The summed E-state index contributed by atoms with van der Waals surface area (Å²) in [6, 6.07) is 8.80. The average molecular weight is 252 g/mol. The molecule has 0 amide bonds. The van der Waals surface area contributed by atoms with Crippen molar-refractivity contribution in [3.8, 4) is 0 Å². The molecule has 0 unspecified atom stereocenters. The first kappa shape index (κ1) is 12.5. The van der Waals surface area contributed by atoms with Crippen molar-refractivity contribution in [2.75, 3.05) is 7.11 Å². The van der Waals surface area contributed by atoms with Crippen LogP contribution < -0.4 is 0 Å². The highest BCUT2D eigenvalue weighted by Crippen LogP contribution is 2.31. The van der Waals surface area contributed by atoms with Gasteiger partial charge in [-0.25, -0.2) is 9.59 Å². The van der Waals surface area contributed by atoms with Gasteiger partial charge in [-0.05, 0) is 0 Å². The van der Waals surface area contributed by atoms with Crippen molar-refractivity contribution in [2.24, 2.45) is 0 Å². The van der Waals surface area contributed by atoms with E-state index in [2.05, 4.69) is 4.74 Å². The maximum absolute atomic E-state index is 11.4. The molecule has 96 valence electrons. The summed E-state index contributed by atoms with van der Waals surface area (Å²) in [4.78, 5) is 22.4. The van der Waals surface area contributed by atoms with Crippen LogP contribution in [0.5, 0.6) is 0 Å². The van der Waals surface area contributed by atoms with Crippen LogP contribution in [0.1, 0.15) is 11.9 Å². The summed E-state index contributed by atoms with van der Waals surface area (Å²) in [5.41, 5.74) is 0.648. The average Bonchev–Trinajstić information content (AvgIpc) is 2.84. The molecule has 1 aliphatic rings. The SMILES string of the molecule is COC(=O)[C@@H]1O[C@@H](c2ccccc2)O[C@H]1C(=O)O. The van der Waals surface area contributed by atoms with Gasteiger partial charge in [0.1, 0.15) is 0 Å². The molecule has 0 aliphatic carbocycles. The summed E-state index contributed by atoms with van der Waals surface area (Å²) < 4.78 is 15.0. The fourth-order valence-electron chi connectivity index (χ4n) is 1.69. The van der Waals surface area contributed by atoms with E-state index in [1.807, 2.05) is 6.07 Å². The highest BCUT2D eigenvalue weighted by molar-refractivity contribution is 5.85. The Morgan fingerprint density at radius 3 is 2.33 bits per heavy atom. The summed E-state index contributed by atoms with van der Waals surface area (Å²) in [7, 11) is 1.17. The van der Waals surface area contributed by atoms with Crippen LogP contribution in [0.2, 0.25) is 0 Å². The number of carbonyl (C=O) groups is 2. The normalized spacial score (nSPS) is 26.8. The molecule has 1 N–H and O–H groups in total. The number of carbonyl (C=O) groups excluding carboxylic acids is 1. The van der Waals surface area contributed by atoms with Crippen LogP contribution in [-0.4, -0.2) is 36.4 Å². The van der Waals surface area contributed by atoms with Crippen LogP contribution in [0.15, 0.2) is 30.3 Å². The van der Waals surface area contributed by atoms with Crippen molar-refractivity contribution >= 4 is 11.9 Å². The van der Waals surface area contributed by atoms with Crippen molar-refractivity contribution in [1.29, 1.82) is 0 Å². The highest BCUT2D eigenvalue weighted by Gasteiger charge is 2.46. The van der Waals surface area contributed by atoms with E-state index in [-0.39, 0.29) is 0 Å². The van der Waals surface area contributed by atoms with Gasteiger partial charge < -0.3 is 19.3 Å². The zero-order valence-corrected chi connectivity index (χ0v) is 9.61. The van der Waals surface area contributed by atoms with E-state index in [1.165, 1.54) is 7.11 Å². The molecule has 2 rings (SSSR count). The fourth-order valence-corrected chi connectivity index (χ4v) is 1.69. The molecule has 1 aliphatic heterocycles. The van der Waals surface area contributed by atoms with Crippen LogP contribution in [0.25, 0.3) is 0 Å². The fraction of sp³-hybridized carbons (Fsp3) is 0.333. The zero-order chi connectivity index (χ0) is 13.1. The molecule has 1 fully saturated rings. The maximum atomic E-state index is 11.4. The van der Waals surface area contributed by atoms with E-state index in [9.17, 15) is 9.59 Å². The smallest absolute Gasteiger partial charge is 0.338 e. The summed E-state index contributed by atoms with van der Waals surface area (Å²) in [6.45, 7) is 0. The number of rotatable bonds is 3. The molecule has 1 heterocycles. The molecular formula is C12H12O6. The molecule has 0 aromatic heterocycles. The summed E-state index contributed by atoms with van der Waals surface area (Å²) in [6.07, 6.45) is -3.49. The van der Waals surface area contributed by atoms with Crippen molar-refractivity contribution in [3.63, 3.8) is 0 Å². The van der Waals surface area contributed by atoms with Crippen molar-refractivity contribution in [1.82, 2.24) is 0 Å². The summed E-state index contributed by atoms with van der Waals surface area (Å²) in [5, 5.41) is 8.98. The Hall–Kier alpha value is -1.92. The minimum Gasteiger partial charge on any atom is -0.479 e. The van der Waals surface area contributed by atoms with Crippen LogP contribution in [0.3, 0.4) is 0 Å². The van der Waals surface area contributed by atoms with Gasteiger partial charge in [0.25, 0.3) is 0 Å². The number of ether oxygens (including phenoxy) is 3. The molecule has 18 heavy (non-hydrogen) atoms. The van der Waals surface area contributed by atoms with Gasteiger partial charge in [-0.1, -0.05) is 30.3 Å². The predicted octanol–water partition coefficient (Wildman–Crippen LogP) is 0.727. The Labute approximate surface area is 103 Å². The first-order valence-corrected chi connectivity index (χ1v) is 5.30. The third-order valence-electron chi connectivity index (χ3n) is 2.56. The minimum atomic E-state index is -1.36. The molecule has 6 heteroatoms. The van der Waals surface area contributed by atoms with Gasteiger partial charge in [0, 0.05) is 5.56 Å². The van der Waals surface area contributed by atoms with Gasteiger partial charge in [0.2, 0.25) is 0 Å². The molecule has 1 aromatic rings. The van der Waals surface area contributed by atoms with Gasteiger partial charge >= 0.3 is 11.9 Å². The largest absolute Gasteiger partial charge is 0.479 e. The first-order chi connectivity index (χ1) is 8.63. The van der Waals surface area contributed by atoms with E-state index >= 15 is 0 Å². The predicted molar refractivity (Wildman–Crippen MR) is 58.6 cm³/mol. The lowest BCUT2D eigenvalue weighted by molar-refractivity contribution is -0.158. The third kappa shape index (κ3) is 2.34. The lowest BCUT2D eigenvalue weighted by Gasteiger charge is -2.09. The zero-order valence-electron chi connectivity index (χ0n) is 9.61. The van der Waals surface area contributed by atoms with Crippen LogP contribution in [0.4, 0.5) is 0 Å². The monoisotopic (exact) mass is 252 g/mol. The third-order valence-corrected chi connectivity index (χ3v) is 2.56. The molecule has 0 spiro atoms. The van der Waals surface area contributed by atoms with Crippen molar-refractivity contribution in [2.45, 2.75) is 18.5 Å². The van der Waals surface area contributed by atoms with Gasteiger partial charge in [-0.15, -0.1) is 0 Å². The van der Waals surface area contributed by atoms with Gasteiger partial charge in [-0.2, -0.15) is 0 Å². The van der Waals surface area contributed by atoms with E-state index in [1.54, 1.807) is 24.3 Å². The topological polar surface area (TPSA) is 82.1 Å². The Morgan fingerprint density at radius 2 is 1.78 bits per heavy atom. The van der Waals surface area contributed by atoms with Crippen molar-refractivity contribution in [3.05, 3.63) is 35.9 Å². The number of methoxy groups -OCH3 is 1. The number of aliphatic carboxylic acids is 1. The van der Waals surface area contributed by atoms with Crippen LogP contribution in [0, 0.1) is 0 Å². The van der Waals surface area contributed by atoms with Crippen LogP contribution in [-0.2, 0) is 23.8 Å². The van der Waals surface area contributed by atoms with Gasteiger partial charge in [0.15, 0.2) is 18.5 Å². The van der Waals surface area contributed by atoms with Crippen molar-refractivity contribution < 1.29 is 28.9 Å². The molecule has 6 nitrogen and oxygen atoms in total.